The molecule has 6 heteroatoms. The van der Waals surface area contributed by atoms with Gasteiger partial charge >= 0.3 is 0 Å². The molecule has 0 unspecified atom stereocenters. The van der Waals surface area contributed by atoms with Crippen LogP contribution in [0.3, 0.4) is 0 Å². The summed E-state index contributed by atoms with van der Waals surface area (Å²) in [6.45, 7) is 8.47. The van der Waals surface area contributed by atoms with E-state index in [1.54, 1.807) is 35.6 Å². The molecule has 2 heterocycles. The Labute approximate surface area is 157 Å². The minimum Gasteiger partial charge on any atom is -0.478 e. The second-order valence-corrected chi connectivity index (χ2v) is 8.59. The van der Waals surface area contributed by atoms with Crippen molar-refractivity contribution >= 4 is 28.8 Å². The number of amides is 1. The van der Waals surface area contributed by atoms with Crippen LogP contribution in [0.4, 0.5) is 0 Å². The van der Waals surface area contributed by atoms with Gasteiger partial charge in [0.1, 0.15) is 10.8 Å². The van der Waals surface area contributed by atoms with E-state index in [1.165, 1.54) is 4.88 Å². The SMILES string of the molecule is Cc1nc([C@@H]2CCCN2C(=O)C(C)(C)Oc2ccc(Cl)cc2)sc1C. The maximum absolute atomic E-state index is 13.2. The highest BCUT2D eigenvalue weighted by Gasteiger charge is 2.41. The van der Waals surface area contributed by atoms with Crippen LogP contribution in [0.5, 0.6) is 5.75 Å². The molecule has 1 fully saturated rings. The Balaban J connectivity index is 1.78. The number of aromatic nitrogens is 1. The van der Waals surface area contributed by atoms with Crippen molar-refractivity contribution in [1.29, 1.82) is 0 Å². The smallest absolute Gasteiger partial charge is 0.266 e. The topological polar surface area (TPSA) is 42.4 Å². The maximum Gasteiger partial charge on any atom is 0.266 e. The number of hydrogen-bond acceptors (Lipinski definition) is 4. The predicted octanol–water partition coefficient (Wildman–Crippen LogP) is 4.93. The van der Waals surface area contributed by atoms with Gasteiger partial charge in [-0.05, 0) is 64.8 Å². The fraction of sp³-hybridized carbons (Fsp3) is 0.474. The number of ether oxygens (including phenoxy) is 1. The number of likely N-dealkylation sites (tertiary alicyclic amines) is 1. The number of aryl methyl sites for hydroxylation is 2. The summed E-state index contributed by atoms with van der Waals surface area (Å²) in [7, 11) is 0. The van der Waals surface area contributed by atoms with Crippen LogP contribution in [0, 0.1) is 13.8 Å². The average molecular weight is 379 g/mol. The van der Waals surface area contributed by atoms with Gasteiger partial charge in [0.05, 0.1) is 11.7 Å². The Morgan fingerprint density at radius 3 is 2.60 bits per heavy atom. The zero-order valence-electron chi connectivity index (χ0n) is 15.0. The van der Waals surface area contributed by atoms with Gasteiger partial charge in [0.2, 0.25) is 0 Å². The second kappa shape index (κ2) is 6.96. The lowest BCUT2D eigenvalue weighted by Crippen LogP contribution is -2.48. The summed E-state index contributed by atoms with van der Waals surface area (Å²) < 4.78 is 5.98. The molecule has 1 aliphatic heterocycles. The highest BCUT2D eigenvalue weighted by molar-refractivity contribution is 7.11. The fourth-order valence-electron chi connectivity index (χ4n) is 3.09. The molecule has 3 rings (SSSR count). The normalized spacial score (nSPS) is 17.8. The molecule has 1 aromatic heterocycles. The molecule has 25 heavy (non-hydrogen) atoms. The molecule has 0 bridgehead atoms. The van der Waals surface area contributed by atoms with Gasteiger partial charge in [0, 0.05) is 16.4 Å². The predicted molar refractivity (Wildman–Crippen MR) is 101 cm³/mol. The van der Waals surface area contributed by atoms with E-state index in [1.807, 2.05) is 25.7 Å². The highest BCUT2D eigenvalue weighted by Crippen LogP contribution is 2.37. The molecule has 1 aromatic carbocycles. The number of carbonyl (C=O) groups excluding carboxylic acids is 1. The Bertz CT molecular complexity index is 751. The standard InChI is InChI=1S/C19H23ClN2O2S/c1-12-13(2)25-17(21-12)16-6-5-11-22(16)18(23)19(3,4)24-15-9-7-14(20)8-10-15/h7-10,16H,5-6,11H2,1-4H3/t16-/m0/s1. The first-order chi connectivity index (χ1) is 11.8. The lowest BCUT2D eigenvalue weighted by molar-refractivity contribution is -0.146. The van der Waals surface area contributed by atoms with Gasteiger partial charge in [-0.15, -0.1) is 11.3 Å². The Morgan fingerprint density at radius 2 is 2.00 bits per heavy atom. The Hall–Kier alpha value is -1.59. The summed E-state index contributed by atoms with van der Waals surface area (Å²) in [4.78, 5) is 21.0. The number of nitrogens with zero attached hydrogens (tertiary/aromatic N) is 2. The molecule has 1 saturated heterocycles. The van der Waals surface area contributed by atoms with Crippen LogP contribution in [0.25, 0.3) is 0 Å². The van der Waals surface area contributed by atoms with Crippen LogP contribution in [0.15, 0.2) is 24.3 Å². The molecule has 1 atom stereocenters. The van der Waals surface area contributed by atoms with Gasteiger partial charge in [0.15, 0.2) is 5.60 Å². The van der Waals surface area contributed by atoms with Crippen LogP contribution in [0.1, 0.15) is 48.3 Å². The van der Waals surface area contributed by atoms with Gasteiger partial charge in [-0.1, -0.05) is 11.6 Å². The van der Waals surface area contributed by atoms with E-state index < -0.39 is 5.60 Å². The molecule has 0 radical (unpaired) electrons. The molecule has 134 valence electrons. The van der Waals surface area contributed by atoms with E-state index in [9.17, 15) is 4.79 Å². The molecular weight excluding hydrogens is 356 g/mol. The van der Waals surface area contributed by atoms with Gasteiger partial charge in [0.25, 0.3) is 5.91 Å². The molecule has 0 N–H and O–H groups in total. The molecule has 0 aliphatic carbocycles. The average Bonchev–Trinajstić information content (AvgIpc) is 3.16. The quantitative estimate of drug-likeness (QED) is 0.757. The second-order valence-electron chi connectivity index (χ2n) is 6.92. The molecule has 4 nitrogen and oxygen atoms in total. The summed E-state index contributed by atoms with van der Waals surface area (Å²) in [6.07, 6.45) is 1.94. The van der Waals surface area contributed by atoms with Crippen molar-refractivity contribution in [3.8, 4) is 5.75 Å². The number of hydrogen-bond donors (Lipinski definition) is 0. The van der Waals surface area contributed by atoms with E-state index in [0.717, 1.165) is 30.1 Å². The lowest BCUT2D eigenvalue weighted by Gasteiger charge is -2.32. The third-order valence-electron chi connectivity index (χ3n) is 4.55. The molecule has 1 aliphatic rings. The van der Waals surface area contributed by atoms with Crippen LogP contribution >= 0.6 is 22.9 Å². The van der Waals surface area contributed by atoms with Crippen molar-refractivity contribution in [2.24, 2.45) is 0 Å². The molecule has 1 amide bonds. The van der Waals surface area contributed by atoms with Crippen molar-refractivity contribution < 1.29 is 9.53 Å². The van der Waals surface area contributed by atoms with Crippen molar-refractivity contribution in [2.75, 3.05) is 6.54 Å². The summed E-state index contributed by atoms with van der Waals surface area (Å²) in [5, 5.41) is 1.67. The van der Waals surface area contributed by atoms with Crippen molar-refractivity contribution in [2.45, 2.75) is 52.2 Å². The summed E-state index contributed by atoms with van der Waals surface area (Å²) in [6, 6.07) is 7.14. The zero-order valence-corrected chi connectivity index (χ0v) is 16.6. The van der Waals surface area contributed by atoms with E-state index in [-0.39, 0.29) is 11.9 Å². The van der Waals surface area contributed by atoms with Gasteiger partial charge in [-0.3, -0.25) is 4.79 Å². The summed E-state index contributed by atoms with van der Waals surface area (Å²) in [5.74, 6) is 0.634. The van der Waals surface area contributed by atoms with Crippen molar-refractivity contribution in [1.82, 2.24) is 9.88 Å². The van der Waals surface area contributed by atoms with E-state index >= 15 is 0 Å². The highest BCUT2D eigenvalue weighted by atomic mass is 35.5. The van der Waals surface area contributed by atoms with Crippen molar-refractivity contribution in [3.63, 3.8) is 0 Å². The minimum absolute atomic E-state index is 0.00421. The zero-order chi connectivity index (χ0) is 18.2. The fourth-order valence-corrected chi connectivity index (χ4v) is 4.29. The molecule has 2 aromatic rings. The van der Waals surface area contributed by atoms with Gasteiger partial charge < -0.3 is 9.64 Å². The van der Waals surface area contributed by atoms with E-state index in [0.29, 0.717) is 10.8 Å². The third kappa shape index (κ3) is 3.82. The van der Waals surface area contributed by atoms with Crippen LogP contribution in [-0.4, -0.2) is 27.9 Å². The van der Waals surface area contributed by atoms with Crippen LogP contribution < -0.4 is 4.74 Å². The number of benzene rings is 1. The lowest BCUT2D eigenvalue weighted by atomic mass is 10.1. The number of carbonyl (C=O) groups is 1. The first-order valence-electron chi connectivity index (χ1n) is 8.47. The van der Waals surface area contributed by atoms with E-state index in [2.05, 4.69) is 11.9 Å². The molecular formula is C19H23ClN2O2S. The summed E-state index contributed by atoms with van der Waals surface area (Å²) >= 11 is 7.60. The maximum atomic E-state index is 13.2. The summed E-state index contributed by atoms with van der Waals surface area (Å²) in [5.41, 5.74) is 0.105. The number of halogens is 1. The first kappa shape index (κ1) is 18.2. The van der Waals surface area contributed by atoms with Gasteiger partial charge in [-0.25, -0.2) is 4.98 Å². The van der Waals surface area contributed by atoms with Gasteiger partial charge in [-0.2, -0.15) is 0 Å². The molecule has 0 spiro atoms. The first-order valence-corrected chi connectivity index (χ1v) is 9.67. The third-order valence-corrected chi connectivity index (χ3v) is 5.97. The van der Waals surface area contributed by atoms with Crippen molar-refractivity contribution in [3.05, 3.63) is 44.9 Å². The van der Waals surface area contributed by atoms with E-state index in [4.69, 9.17) is 16.3 Å². The Morgan fingerprint density at radius 1 is 1.32 bits per heavy atom. The van der Waals surface area contributed by atoms with Crippen LogP contribution in [0.2, 0.25) is 5.02 Å². The number of rotatable bonds is 4. The van der Waals surface area contributed by atoms with Crippen LogP contribution in [-0.2, 0) is 4.79 Å². The monoisotopic (exact) mass is 378 g/mol. The minimum atomic E-state index is -0.947. The Kier molecular flexibility index (Phi) is 5.07. The largest absolute Gasteiger partial charge is 0.478 e. The molecule has 0 saturated carbocycles. The number of thiazole rings is 1.